The van der Waals surface area contributed by atoms with Crippen LogP contribution in [0, 0.1) is 82.9 Å². The lowest BCUT2D eigenvalue weighted by atomic mass is 9.77. The Bertz CT molecular complexity index is 1850. The molecule has 12 nitrogen and oxygen atoms in total. The summed E-state index contributed by atoms with van der Waals surface area (Å²) >= 11 is 0. The Morgan fingerprint density at radius 1 is 0.274 bits per heavy atom. The topological polar surface area (TPSA) is 175 Å². The average molecular weight is 1180 g/mol. The van der Waals surface area contributed by atoms with Crippen molar-refractivity contribution in [2.75, 3.05) is 0 Å². The van der Waals surface area contributed by atoms with Crippen LogP contribution in [0.1, 0.15) is 301 Å². The molecule has 0 spiro atoms. The minimum atomic E-state index is -0.628. The summed E-state index contributed by atoms with van der Waals surface area (Å²) in [5.74, 6) is 6.57. The third kappa shape index (κ3) is 24.1. The van der Waals surface area contributed by atoms with E-state index in [2.05, 4.69) is 115 Å². The summed E-state index contributed by atoms with van der Waals surface area (Å²) in [5, 5.41) is 19.6. The van der Waals surface area contributed by atoms with Crippen molar-refractivity contribution in [2.24, 2.45) is 82.9 Å². The highest BCUT2D eigenvalue weighted by atomic mass is 16.2. The molecule has 0 aromatic carbocycles. The van der Waals surface area contributed by atoms with Gasteiger partial charge >= 0.3 is 0 Å². The molecule has 0 radical (unpaired) electrons. The van der Waals surface area contributed by atoms with Gasteiger partial charge in [0.15, 0.2) is 0 Å². The van der Waals surface area contributed by atoms with Crippen molar-refractivity contribution in [3.05, 3.63) is 0 Å². The highest BCUT2D eigenvalue weighted by Crippen LogP contribution is 2.37. The first-order valence-corrected chi connectivity index (χ1v) is 36.0. The van der Waals surface area contributed by atoms with Gasteiger partial charge in [0, 0.05) is 61.9 Å². The fourth-order valence-corrected chi connectivity index (χ4v) is 16.3. The Morgan fingerprint density at radius 3 is 0.750 bits per heavy atom. The monoisotopic (exact) mass is 1180 g/mol. The van der Waals surface area contributed by atoms with Gasteiger partial charge in [-0.1, -0.05) is 160 Å². The second kappa shape index (κ2) is 37.6. The SMILES string of the molecule is CCC(C)C1CCC(NC(=O)CC(CC(=O)NC2CCC(C(C)CC)CC2)C(=O)NC2CCC(C(C)CC)CC2)CC1.CCC(C)C1CCCC(NC(=O)CC(CC(=O)NC2CCCC(C(C)CC)C2)C(=O)NC2CCCC(C(C)CC)C2)C1. The molecule has 12 heteroatoms. The van der Waals surface area contributed by atoms with Gasteiger partial charge in [0.05, 0.1) is 11.8 Å². The predicted octanol–water partition coefficient (Wildman–Crippen LogP) is 15.1. The van der Waals surface area contributed by atoms with Crippen LogP contribution in [0.5, 0.6) is 0 Å². The highest BCUT2D eigenvalue weighted by molar-refractivity contribution is 5.91. The minimum Gasteiger partial charge on any atom is -0.353 e. The maximum absolute atomic E-state index is 13.7. The van der Waals surface area contributed by atoms with E-state index in [1.165, 1.54) is 51.4 Å². The number of hydrogen-bond donors (Lipinski definition) is 6. The van der Waals surface area contributed by atoms with Gasteiger partial charge in [0.25, 0.3) is 0 Å². The molecule has 6 aliphatic carbocycles. The summed E-state index contributed by atoms with van der Waals surface area (Å²) in [5.41, 5.74) is 0. The Morgan fingerprint density at radius 2 is 0.488 bits per heavy atom. The van der Waals surface area contributed by atoms with E-state index in [4.69, 9.17) is 0 Å². The van der Waals surface area contributed by atoms with Crippen molar-refractivity contribution in [2.45, 2.75) is 338 Å². The van der Waals surface area contributed by atoms with Crippen molar-refractivity contribution in [1.82, 2.24) is 31.9 Å². The molecule has 6 saturated carbocycles. The lowest BCUT2D eigenvalue weighted by Gasteiger charge is -2.35. The van der Waals surface area contributed by atoms with E-state index in [1.807, 2.05) is 0 Å². The number of hydrogen-bond acceptors (Lipinski definition) is 6. The van der Waals surface area contributed by atoms with E-state index in [0.717, 1.165) is 177 Å². The third-order valence-corrected chi connectivity index (χ3v) is 23.8. The molecule has 0 aromatic heterocycles. The van der Waals surface area contributed by atoms with Crippen molar-refractivity contribution in [3.63, 3.8) is 0 Å². The van der Waals surface area contributed by atoms with Gasteiger partial charge in [-0.3, -0.25) is 28.8 Å². The average Bonchev–Trinajstić information content (AvgIpc) is 3.67. The van der Waals surface area contributed by atoms with Gasteiger partial charge < -0.3 is 31.9 Å². The van der Waals surface area contributed by atoms with Crippen LogP contribution in [0.15, 0.2) is 0 Å². The van der Waals surface area contributed by atoms with Crippen molar-refractivity contribution in [1.29, 1.82) is 0 Å². The molecule has 12 unspecified atom stereocenters. The molecule has 0 heterocycles. The molecular weight excluding hydrogens is 1040 g/mol. The molecule has 12 atom stereocenters. The van der Waals surface area contributed by atoms with E-state index in [9.17, 15) is 28.8 Å². The van der Waals surface area contributed by atoms with Gasteiger partial charge in [-0.25, -0.2) is 0 Å². The van der Waals surface area contributed by atoms with Crippen LogP contribution in [0.2, 0.25) is 0 Å². The first kappa shape index (κ1) is 71.6. The van der Waals surface area contributed by atoms with Crippen LogP contribution in [0.25, 0.3) is 0 Å². The van der Waals surface area contributed by atoms with E-state index in [-0.39, 0.29) is 97.4 Å². The maximum atomic E-state index is 13.7. The Kier molecular flexibility index (Phi) is 32.0. The zero-order chi connectivity index (χ0) is 61.3. The van der Waals surface area contributed by atoms with Crippen molar-refractivity contribution >= 4 is 35.4 Å². The molecule has 0 bridgehead atoms. The summed E-state index contributed by atoms with van der Waals surface area (Å²) in [7, 11) is 0. The fraction of sp³-hybridized carbons (Fsp3) is 0.917. The largest absolute Gasteiger partial charge is 0.353 e. The van der Waals surface area contributed by atoms with Gasteiger partial charge in [0.1, 0.15) is 0 Å². The maximum Gasteiger partial charge on any atom is 0.224 e. The van der Waals surface area contributed by atoms with E-state index in [0.29, 0.717) is 35.5 Å². The molecule has 0 saturated heterocycles. The first-order valence-electron chi connectivity index (χ1n) is 36.0. The molecule has 6 N–H and O–H groups in total. The summed E-state index contributed by atoms with van der Waals surface area (Å²) in [6.45, 7) is 27.5. The van der Waals surface area contributed by atoms with Crippen LogP contribution in [0.3, 0.4) is 0 Å². The molecule has 6 amide bonds. The number of carbonyl (C=O) groups is 6. The van der Waals surface area contributed by atoms with Crippen LogP contribution >= 0.6 is 0 Å². The van der Waals surface area contributed by atoms with Gasteiger partial charge in [0.2, 0.25) is 35.4 Å². The van der Waals surface area contributed by atoms with Crippen LogP contribution in [0.4, 0.5) is 0 Å². The number of carbonyl (C=O) groups excluding carboxylic acids is 6. The Balaban J connectivity index is 0.000000307. The third-order valence-electron chi connectivity index (χ3n) is 23.8. The van der Waals surface area contributed by atoms with Crippen LogP contribution in [-0.4, -0.2) is 71.7 Å². The highest BCUT2D eigenvalue weighted by Gasteiger charge is 2.36. The molecule has 6 aliphatic rings. The summed E-state index contributed by atoms with van der Waals surface area (Å²) in [6, 6.07) is 1.02. The summed E-state index contributed by atoms with van der Waals surface area (Å²) in [6.07, 6.45) is 33.6. The van der Waals surface area contributed by atoms with Crippen LogP contribution in [-0.2, 0) is 28.8 Å². The first-order chi connectivity index (χ1) is 40.2. The Labute approximate surface area is 514 Å². The van der Waals surface area contributed by atoms with Crippen molar-refractivity contribution < 1.29 is 28.8 Å². The quantitative estimate of drug-likeness (QED) is 0.0455. The smallest absolute Gasteiger partial charge is 0.224 e. The molecule has 6 rings (SSSR count). The fourth-order valence-electron chi connectivity index (χ4n) is 16.3. The molecular formula is C72H130N6O6. The van der Waals surface area contributed by atoms with E-state index in [1.54, 1.807) is 0 Å². The molecule has 0 aromatic rings. The minimum absolute atomic E-state index is 0.0756. The number of amides is 6. The predicted molar refractivity (Wildman–Crippen MR) is 346 cm³/mol. The second-order valence-electron chi connectivity index (χ2n) is 29.5. The zero-order valence-electron chi connectivity index (χ0n) is 56.0. The van der Waals surface area contributed by atoms with Crippen LogP contribution < -0.4 is 31.9 Å². The van der Waals surface area contributed by atoms with Gasteiger partial charge in [-0.15, -0.1) is 0 Å². The van der Waals surface area contributed by atoms with E-state index >= 15 is 0 Å². The molecule has 0 aliphatic heterocycles. The standard InChI is InChI=1S/2C36H65N3O3/c1-7-24(4)27-10-16-31(17-11-27)37-34(40)22-30(36(42)39-33-20-14-29(15-21-33)26(6)9-3)23-35(41)38-32-18-12-28(13-19-32)25(5)8-2;1-7-24(4)27-13-10-16-31(19-27)37-34(40)22-30(36(42)39-33-18-12-15-29(21-33)26(6)9-3)23-35(41)38-32-17-11-14-28(20-32)25(5)8-2/h2*24-33H,7-23H2,1-6H3,(H,37,40)(H,38,41)(H,39,42). The lowest BCUT2D eigenvalue weighted by molar-refractivity contribution is -0.134. The van der Waals surface area contributed by atoms with Gasteiger partial charge in [-0.2, -0.15) is 0 Å². The number of rotatable bonds is 28. The zero-order valence-corrected chi connectivity index (χ0v) is 56.0. The second-order valence-corrected chi connectivity index (χ2v) is 29.5. The van der Waals surface area contributed by atoms with Crippen molar-refractivity contribution in [3.8, 4) is 0 Å². The normalized spacial score (nSPS) is 31.3. The molecule has 6 fully saturated rings. The number of nitrogens with one attached hydrogen (secondary N) is 6. The molecule has 484 valence electrons. The Hall–Kier alpha value is -3.18. The lowest BCUT2D eigenvalue weighted by Crippen LogP contribution is -2.46. The summed E-state index contributed by atoms with van der Waals surface area (Å²) in [4.78, 5) is 80.4. The molecule has 84 heavy (non-hydrogen) atoms. The van der Waals surface area contributed by atoms with E-state index < -0.39 is 11.8 Å². The van der Waals surface area contributed by atoms with Gasteiger partial charge in [-0.05, 0) is 187 Å². The summed E-state index contributed by atoms with van der Waals surface area (Å²) < 4.78 is 0.